The van der Waals surface area contributed by atoms with E-state index in [1.807, 2.05) is 0 Å². The van der Waals surface area contributed by atoms with E-state index in [0.29, 0.717) is 10.0 Å². The summed E-state index contributed by atoms with van der Waals surface area (Å²) in [5.74, 6) is -2.84. The Morgan fingerprint density at radius 2 is 2.10 bits per heavy atom. The van der Waals surface area contributed by atoms with Crippen LogP contribution in [0.4, 0.5) is 13.2 Å². The molecule has 0 amide bonds. The van der Waals surface area contributed by atoms with Crippen LogP contribution in [0.25, 0.3) is 0 Å². The topological polar surface area (TPSA) is 49.3 Å². The summed E-state index contributed by atoms with van der Waals surface area (Å²) in [7, 11) is 0. The summed E-state index contributed by atoms with van der Waals surface area (Å²) >= 11 is 3.28. The van der Waals surface area contributed by atoms with Crippen molar-refractivity contribution in [3.05, 3.63) is 34.3 Å². The second kappa shape index (κ2) is 5.37. The fraction of sp³-hybridized carbons (Fsp3) is 0.462. The second-order valence-electron chi connectivity index (χ2n) is 4.90. The summed E-state index contributed by atoms with van der Waals surface area (Å²) in [6, 6.07) is 6.91. The summed E-state index contributed by atoms with van der Waals surface area (Å²) in [4.78, 5) is 11.3. The monoisotopic (exact) mass is 351 g/mol. The molecule has 0 aliphatic carbocycles. The molecule has 0 radical (unpaired) electrons. The highest BCUT2D eigenvalue weighted by Gasteiger charge is 2.66. The molecule has 1 aromatic rings. The van der Waals surface area contributed by atoms with Crippen LogP contribution in [0.5, 0.6) is 0 Å². The molecule has 2 N–H and O–H groups in total. The third-order valence-corrected chi connectivity index (χ3v) is 4.58. The lowest BCUT2D eigenvalue weighted by Gasteiger charge is -2.32. The van der Waals surface area contributed by atoms with Crippen LogP contribution >= 0.6 is 15.9 Å². The van der Waals surface area contributed by atoms with Gasteiger partial charge in [0.1, 0.15) is 0 Å². The Kier molecular flexibility index (Phi) is 4.11. The number of carboxylic acid groups (broad SMARTS) is 1. The predicted molar refractivity (Wildman–Crippen MR) is 70.3 cm³/mol. The number of hydrogen-bond donors (Lipinski definition) is 2. The van der Waals surface area contributed by atoms with E-state index < -0.39 is 30.0 Å². The first-order valence-corrected chi connectivity index (χ1v) is 6.82. The highest BCUT2D eigenvalue weighted by atomic mass is 79.9. The van der Waals surface area contributed by atoms with Crippen LogP contribution in [0.2, 0.25) is 0 Å². The maximum Gasteiger partial charge on any atom is 0.406 e. The molecule has 110 valence electrons. The summed E-state index contributed by atoms with van der Waals surface area (Å²) < 4.78 is 40.6. The number of carboxylic acids is 1. The van der Waals surface area contributed by atoms with E-state index in [1.54, 1.807) is 24.3 Å². The number of carbonyl (C=O) groups is 1. The molecule has 3 nitrogen and oxygen atoms in total. The molecule has 0 spiro atoms. The molecule has 0 saturated carbocycles. The largest absolute Gasteiger partial charge is 0.481 e. The molecule has 0 aromatic heterocycles. The Hall–Kier alpha value is -1.08. The SMILES string of the molecule is O=C(O)[C@]1(C(F)(F)F)CNC[C@@H]1Cc1ccccc1Br. The molecule has 1 fully saturated rings. The van der Waals surface area contributed by atoms with Gasteiger partial charge in [-0.1, -0.05) is 34.1 Å². The van der Waals surface area contributed by atoms with Crippen molar-refractivity contribution in [3.8, 4) is 0 Å². The molecule has 2 atom stereocenters. The van der Waals surface area contributed by atoms with Gasteiger partial charge in [0.05, 0.1) is 0 Å². The average molecular weight is 352 g/mol. The van der Waals surface area contributed by atoms with Gasteiger partial charge < -0.3 is 10.4 Å². The number of nitrogens with one attached hydrogen (secondary N) is 1. The summed E-state index contributed by atoms with van der Waals surface area (Å²) in [5, 5.41) is 11.7. The molecular formula is C13H13BrF3NO2. The van der Waals surface area contributed by atoms with Crippen molar-refractivity contribution in [3.63, 3.8) is 0 Å². The standard InChI is InChI=1S/C13H13BrF3NO2/c14-10-4-2-1-3-8(10)5-9-6-18-7-12(9,11(19)20)13(15,16)17/h1-4,9,18H,5-7H2,(H,19,20)/t9-,12-/m0/s1. The van der Waals surface area contributed by atoms with Crippen molar-refractivity contribution >= 4 is 21.9 Å². The summed E-state index contributed by atoms with van der Waals surface area (Å²) in [5.41, 5.74) is -2.04. The number of aliphatic carboxylic acids is 1. The van der Waals surface area contributed by atoms with Gasteiger partial charge in [-0.15, -0.1) is 0 Å². The highest BCUT2D eigenvalue weighted by molar-refractivity contribution is 9.10. The van der Waals surface area contributed by atoms with E-state index in [4.69, 9.17) is 5.11 Å². The maximum absolute atomic E-state index is 13.3. The van der Waals surface area contributed by atoms with Gasteiger partial charge in [-0.2, -0.15) is 13.2 Å². The van der Waals surface area contributed by atoms with Crippen LogP contribution in [0.3, 0.4) is 0 Å². The molecule has 20 heavy (non-hydrogen) atoms. The van der Waals surface area contributed by atoms with Gasteiger partial charge >= 0.3 is 12.1 Å². The van der Waals surface area contributed by atoms with Gasteiger partial charge in [-0.25, -0.2) is 0 Å². The number of rotatable bonds is 3. The first kappa shape index (κ1) is 15.3. The fourth-order valence-electron chi connectivity index (χ4n) is 2.64. The van der Waals surface area contributed by atoms with E-state index in [2.05, 4.69) is 21.2 Å². The molecule has 1 aliphatic rings. The van der Waals surface area contributed by atoms with Crippen molar-refractivity contribution in [1.29, 1.82) is 0 Å². The van der Waals surface area contributed by atoms with Crippen LogP contribution in [-0.2, 0) is 11.2 Å². The Morgan fingerprint density at radius 1 is 1.45 bits per heavy atom. The van der Waals surface area contributed by atoms with Crippen molar-refractivity contribution in [2.45, 2.75) is 12.6 Å². The zero-order chi connectivity index (χ0) is 15.0. The Morgan fingerprint density at radius 3 is 2.65 bits per heavy atom. The molecular weight excluding hydrogens is 339 g/mol. The van der Waals surface area contributed by atoms with Crippen LogP contribution in [-0.4, -0.2) is 30.3 Å². The minimum Gasteiger partial charge on any atom is -0.481 e. The molecule has 2 rings (SSSR count). The molecule has 1 heterocycles. The van der Waals surface area contributed by atoms with Crippen molar-refractivity contribution < 1.29 is 23.1 Å². The van der Waals surface area contributed by atoms with Crippen LogP contribution in [0, 0.1) is 11.3 Å². The zero-order valence-corrected chi connectivity index (χ0v) is 12.0. The molecule has 7 heteroatoms. The van der Waals surface area contributed by atoms with Gasteiger partial charge in [0, 0.05) is 16.9 Å². The Balaban J connectivity index is 2.35. The van der Waals surface area contributed by atoms with Gasteiger partial charge in [-0.05, 0) is 24.6 Å². The third-order valence-electron chi connectivity index (χ3n) is 3.80. The molecule has 0 bridgehead atoms. The lowest BCUT2D eigenvalue weighted by atomic mass is 9.74. The van der Waals surface area contributed by atoms with Crippen LogP contribution < -0.4 is 5.32 Å². The third kappa shape index (κ3) is 2.44. The van der Waals surface area contributed by atoms with E-state index in [0.717, 1.165) is 0 Å². The van der Waals surface area contributed by atoms with Crippen LogP contribution in [0.15, 0.2) is 28.7 Å². The van der Waals surface area contributed by atoms with Crippen LogP contribution in [0.1, 0.15) is 5.56 Å². The van der Waals surface area contributed by atoms with Crippen molar-refractivity contribution in [1.82, 2.24) is 5.32 Å². The molecule has 0 unspecified atom stereocenters. The first-order chi connectivity index (χ1) is 9.29. The van der Waals surface area contributed by atoms with Gasteiger partial charge in [0.2, 0.25) is 0 Å². The lowest BCUT2D eigenvalue weighted by molar-refractivity contribution is -0.236. The van der Waals surface area contributed by atoms with Gasteiger partial charge in [-0.3, -0.25) is 4.79 Å². The van der Waals surface area contributed by atoms with Crippen molar-refractivity contribution in [2.75, 3.05) is 13.1 Å². The normalized spacial score (nSPS) is 26.7. The highest BCUT2D eigenvalue weighted by Crippen LogP contribution is 2.48. The lowest BCUT2D eigenvalue weighted by Crippen LogP contribution is -2.51. The molecule has 1 saturated heterocycles. The first-order valence-electron chi connectivity index (χ1n) is 6.03. The summed E-state index contributed by atoms with van der Waals surface area (Å²) in [6.45, 7) is -0.548. The number of halogens is 4. The smallest absolute Gasteiger partial charge is 0.406 e. The van der Waals surface area contributed by atoms with Crippen molar-refractivity contribution in [2.24, 2.45) is 11.3 Å². The number of hydrogen-bond acceptors (Lipinski definition) is 2. The zero-order valence-electron chi connectivity index (χ0n) is 10.4. The van der Waals surface area contributed by atoms with E-state index in [9.17, 15) is 18.0 Å². The fourth-order valence-corrected chi connectivity index (χ4v) is 3.09. The Bertz CT molecular complexity index is 521. The van der Waals surface area contributed by atoms with E-state index in [-0.39, 0.29) is 13.0 Å². The summed E-state index contributed by atoms with van der Waals surface area (Å²) in [6.07, 6.45) is -4.73. The molecule has 1 aliphatic heterocycles. The van der Waals surface area contributed by atoms with Gasteiger partial charge in [0.15, 0.2) is 5.41 Å². The maximum atomic E-state index is 13.3. The molecule has 1 aromatic carbocycles. The number of benzene rings is 1. The average Bonchev–Trinajstić information content (AvgIpc) is 2.76. The Labute approximate surface area is 122 Å². The number of alkyl halides is 3. The minimum absolute atomic E-state index is 0.0349. The predicted octanol–water partition coefficient (Wildman–Crippen LogP) is 2.84. The minimum atomic E-state index is -4.78. The van der Waals surface area contributed by atoms with E-state index in [1.165, 1.54) is 0 Å². The second-order valence-corrected chi connectivity index (χ2v) is 5.75. The quantitative estimate of drug-likeness (QED) is 0.880. The van der Waals surface area contributed by atoms with E-state index >= 15 is 0 Å². The van der Waals surface area contributed by atoms with Gasteiger partial charge in [0.25, 0.3) is 0 Å².